The van der Waals surface area contributed by atoms with Crippen LogP contribution in [0.2, 0.25) is 0 Å². The monoisotopic (exact) mass is 442 g/mol. The Labute approximate surface area is 146 Å². The molecule has 0 aromatic heterocycles. The Bertz CT molecular complexity index is 431. The van der Waals surface area contributed by atoms with E-state index in [1.54, 1.807) is 12.1 Å². The molecule has 0 aliphatic rings. The van der Waals surface area contributed by atoms with Crippen molar-refractivity contribution in [1.29, 1.82) is 0 Å². The Morgan fingerprint density at radius 3 is 2.14 bits per heavy atom. The predicted molar refractivity (Wildman–Crippen MR) is 102 cm³/mol. The first kappa shape index (κ1) is 19.9. The molecule has 0 unspecified atom stereocenters. The Kier molecular flexibility index (Phi) is 11.1. The number of allylic oxidation sites excluding steroid dienone is 1. The van der Waals surface area contributed by atoms with Gasteiger partial charge in [-0.05, 0) is 0 Å². The molecule has 0 bridgehead atoms. The fourth-order valence-corrected chi connectivity index (χ4v) is 4.65. The molecule has 0 saturated carbocycles. The number of unbranched alkanes of at least 4 members (excludes halogenated alkanes) is 6. The third-order valence-corrected chi connectivity index (χ3v) is 6.88. The van der Waals surface area contributed by atoms with Gasteiger partial charge in [0.15, 0.2) is 0 Å². The van der Waals surface area contributed by atoms with E-state index in [4.69, 9.17) is 11.6 Å². The van der Waals surface area contributed by atoms with Crippen LogP contribution in [0, 0.1) is 10.5 Å². The van der Waals surface area contributed by atoms with Gasteiger partial charge in [0, 0.05) is 0 Å². The molecule has 0 atom stereocenters. The molecular formula is C18H26ClF2I. The summed E-state index contributed by atoms with van der Waals surface area (Å²) in [4.78, 5) is 0. The molecule has 0 fully saturated rings. The van der Waals surface area contributed by atoms with Crippen molar-refractivity contribution in [3.05, 3.63) is 43.3 Å². The minimum atomic E-state index is -2.95. The van der Waals surface area contributed by atoms with Crippen LogP contribution in [0.4, 0.5) is 7.25 Å². The number of halogens is 4. The maximum atomic E-state index is 14.1. The molecule has 0 amide bonds. The average Bonchev–Trinajstić information content (AvgIpc) is 2.50. The average molecular weight is 443 g/mol. The second-order valence-electron chi connectivity index (χ2n) is 5.53. The summed E-state index contributed by atoms with van der Waals surface area (Å²) in [5.74, 6) is 0.474. The normalized spacial score (nSPS) is 12.5. The summed E-state index contributed by atoms with van der Waals surface area (Å²) in [5.41, 5.74) is 1.10. The first-order chi connectivity index (χ1) is 10.6. The molecular weight excluding hydrogens is 417 g/mol. The van der Waals surface area contributed by atoms with Crippen LogP contribution in [0.5, 0.6) is 0 Å². The van der Waals surface area contributed by atoms with Crippen LogP contribution in [-0.2, 0) is 0 Å². The number of aryl methyl sites for hydroxylation is 1. The van der Waals surface area contributed by atoms with Crippen molar-refractivity contribution in [3.8, 4) is 0 Å². The molecule has 0 heterocycles. The fourth-order valence-electron chi connectivity index (χ4n) is 2.15. The molecule has 1 aromatic carbocycles. The molecule has 1 rings (SSSR count). The van der Waals surface area contributed by atoms with E-state index in [0.717, 1.165) is 37.1 Å². The van der Waals surface area contributed by atoms with Crippen molar-refractivity contribution < 1.29 is 7.25 Å². The SMILES string of the molecule is Cc1ccc(I(F)/C=C(/F)CCCCCCCCCCl)cc1. The molecule has 0 saturated heterocycles. The van der Waals surface area contributed by atoms with Crippen LogP contribution in [0.15, 0.2) is 34.2 Å². The van der Waals surface area contributed by atoms with Gasteiger partial charge in [-0.3, -0.25) is 0 Å². The topological polar surface area (TPSA) is 0 Å². The molecule has 22 heavy (non-hydrogen) atoms. The van der Waals surface area contributed by atoms with Crippen LogP contribution >= 0.6 is 32.0 Å². The van der Waals surface area contributed by atoms with Gasteiger partial charge in [-0.15, -0.1) is 0 Å². The van der Waals surface area contributed by atoms with Crippen molar-refractivity contribution in [2.45, 2.75) is 58.3 Å². The number of alkyl halides is 1. The molecule has 0 aliphatic heterocycles. The van der Waals surface area contributed by atoms with Gasteiger partial charge in [0.25, 0.3) is 0 Å². The first-order valence-corrected chi connectivity index (χ1v) is 11.6. The van der Waals surface area contributed by atoms with Crippen LogP contribution in [0.1, 0.15) is 56.9 Å². The van der Waals surface area contributed by atoms with Crippen LogP contribution in [0.3, 0.4) is 0 Å². The van der Waals surface area contributed by atoms with Crippen molar-refractivity contribution in [2.24, 2.45) is 0 Å². The summed E-state index contributed by atoms with van der Waals surface area (Å²) >= 11 is 2.67. The van der Waals surface area contributed by atoms with Gasteiger partial charge in [0.2, 0.25) is 0 Å². The van der Waals surface area contributed by atoms with Crippen molar-refractivity contribution >= 4 is 32.0 Å². The number of benzene rings is 1. The standard InChI is InChI=1S/C18H26ClF2I/c1-16-10-12-18(13-11-16)22(21)15-17(20)9-7-5-3-2-4-6-8-14-19/h10-13,15H,2-9,14H2,1H3/b17-15+. The molecule has 0 spiro atoms. The van der Waals surface area contributed by atoms with Gasteiger partial charge in [-0.1, -0.05) is 0 Å². The molecule has 126 valence electrons. The second-order valence-corrected chi connectivity index (χ2v) is 9.28. The summed E-state index contributed by atoms with van der Waals surface area (Å²) in [6.07, 6.45) is 8.01. The third kappa shape index (κ3) is 9.09. The zero-order valence-electron chi connectivity index (χ0n) is 13.3. The van der Waals surface area contributed by atoms with Gasteiger partial charge in [-0.2, -0.15) is 0 Å². The Morgan fingerprint density at radius 1 is 1.00 bits per heavy atom. The number of hydrogen-bond acceptors (Lipinski definition) is 0. The van der Waals surface area contributed by atoms with Gasteiger partial charge >= 0.3 is 147 Å². The number of hydrogen-bond donors (Lipinski definition) is 0. The van der Waals surface area contributed by atoms with E-state index in [0.29, 0.717) is 9.99 Å². The first-order valence-electron chi connectivity index (χ1n) is 7.97. The minimum absolute atomic E-state index is 0.268. The van der Waals surface area contributed by atoms with Gasteiger partial charge < -0.3 is 0 Å². The quantitative estimate of drug-likeness (QED) is 0.187. The van der Waals surface area contributed by atoms with Gasteiger partial charge in [0.05, 0.1) is 0 Å². The van der Waals surface area contributed by atoms with Crippen LogP contribution < -0.4 is 0 Å². The van der Waals surface area contributed by atoms with E-state index in [-0.39, 0.29) is 5.83 Å². The van der Waals surface area contributed by atoms with E-state index in [9.17, 15) is 7.25 Å². The summed E-state index contributed by atoms with van der Waals surface area (Å²) in [6, 6.07) is 7.33. The van der Waals surface area contributed by atoms with Gasteiger partial charge in [0.1, 0.15) is 0 Å². The molecule has 1 aromatic rings. The summed E-state index contributed by atoms with van der Waals surface area (Å²) in [5, 5.41) is 0. The molecule has 0 aliphatic carbocycles. The third-order valence-electron chi connectivity index (χ3n) is 3.48. The molecule has 0 N–H and O–H groups in total. The van der Waals surface area contributed by atoms with Crippen molar-refractivity contribution in [1.82, 2.24) is 0 Å². The second kappa shape index (κ2) is 12.3. The zero-order valence-corrected chi connectivity index (χ0v) is 16.2. The van der Waals surface area contributed by atoms with Crippen LogP contribution in [0.25, 0.3) is 0 Å². The Morgan fingerprint density at radius 2 is 1.55 bits per heavy atom. The summed E-state index contributed by atoms with van der Waals surface area (Å²) in [6.45, 7) is 1.96. The zero-order chi connectivity index (χ0) is 16.2. The molecule has 4 heteroatoms. The van der Waals surface area contributed by atoms with Crippen molar-refractivity contribution in [2.75, 3.05) is 5.88 Å². The van der Waals surface area contributed by atoms with E-state index >= 15 is 0 Å². The fraction of sp³-hybridized carbons (Fsp3) is 0.556. The van der Waals surface area contributed by atoms with E-state index in [1.807, 2.05) is 19.1 Å². The summed E-state index contributed by atoms with van der Waals surface area (Å²) < 4.78 is 29.8. The summed E-state index contributed by atoms with van der Waals surface area (Å²) in [7, 11) is 0. The Hall–Kier alpha value is -0.160. The molecule has 0 nitrogen and oxygen atoms in total. The molecule has 0 radical (unpaired) electrons. The Balaban J connectivity index is 2.18. The van der Waals surface area contributed by atoms with Crippen molar-refractivity contribution in [3.63, 3.8) is 0 Å². The van der Waals surface area contributed by atoms with Crippen LogP contribution in [-0.4, -0.2) is 5.88 Å². The van der Waals surface area contributed by atoms with E-state index in [2.05, 4.69) is 0 Å². The van der Waals surface area contributed by atoms with Gasteiger partial charge in [-0.25, -0.2) is 0 Å². The van der Waals surface area contributed by atoms with E-state index < -0.39 is 20.4 Å². The predicted octanol–water partition coefficient (Wildman–Crippen LogP) is 7.73. The maximum absolute atomic E-state index is 14.1. The number of rotatable bonds is 11. The van der Waals surface area contributed by atoms with E-state index in [1.165, 1.54) is 23.3 Å².